The summed E-state index contributed by atoms with van der Waals surface area (Å²) in [5, 5.41) is 0.838. The Morgan fingerprint density at radius 1 is 1.62 bits per heavy atom. The summed E-state index contributed by atoms with van der Waals surface area (Å²) in [7, 11) is 0. The number of alkyl halides is 1. The fraction of sp³-hybridized carbons (Fsp3) is 0.500. The molecule has 1 saturated heterocycles. The molecule has 1 amide bonds. The highest BCUT2D eigenvalue weighted by atomic mass is 79.9. The van der Waals surface area contributed by atoms with Gasteiger partial charge in [-0.1, -0.05) is 15.9 Å². The van der Waals surface area contributed by atoms with Crippen LogP contribution in [0.2, 0.25) is 0 Å². The first-order valence-electron chi connectivity index (χ1n) is 4.97. The molecule has 0 spiro atoms. The number of aromatic nitrogens is 2. The van der Waals surface area contributed by atoms with Crippen molar-refractivity contribution in [1.82, 2.24) is 9.97 Å². The minimum Gasteiger partial charge on any atom is -0.280 e. The van der Waals surface area contributed by atoms with Crippen molar-refractivity contribution in [3.05, 3.63) is 16.4 Å². The van der Waals surface area contributed by atoms with E-state index in [1.807, 2.05) is 6.92 Å². The summed E-state index contributed by atoms with van der Waals surface area (Å²) in [6.45, 7) is 2.59. The number of rotatable bonds is 2. The number of carbonyl (C=O) groups excluding carboxylic acids is 1. The van der Waals surface area contributed by atoms with Gasteiger partial charge in [0.25, 0.3) is 0 Å². The molecule has 4 nitrogen and oxygen atoms in total. The molecule has 0 bridgehead atoms. The van der Waals surface area contributed by atoms with Crippen molar-refractivity contribution in [3.63, 3.8) is 0 Å². The van der Waals surface area contributed by atoms with Crippen LogP contribution in [0, 0.1) is 12.8 Å². The Morgan fingerprint density at radius 3 is 2.94 bits per heavy atom. The Balaban J connectivity index is 2.24. The summed E-state index contributed by atoms with van der Waals surface area (Å²) in [6.07, 6.45) is 2.26. The number of aryl methyl sites for hydroxylation is 1. The van der Waals surface area contributed by atoms with E-state index in [9.17, 15) is 4.79 Å². The van der Waals surface area contributed by atoms with Crippen LogP contribution in [0.4, 0.5) is 5.95 Å². The molecule has 0 radical (unpaired) electrons. The fourth-order valence-corrected chi connectivity index (χ4v) is 2.27. The topological polar surface area (TPSA) is 46.1 Å². The van der Waals surface area contributed by atoms with Crippen molar-refractivity contribution in [2.75, 3.05) is 16.8 Å². The molecule has 1 unspecified atom stereocenters. The smallest absolute Gasteiger partial charge is 0.232 e. The highest BCUT2D eigenvalue weighted by molar-refractivity contribution is 9.10. The van der Waals surface area contributed by atoms with Gasteiger partial charge in [-0.15, -0.1) is 0 Å². The van der Waals surface area contributed by atoms with Crippen LogP contribution in [-0.2, 0) is 4.79 Å². The largest absolute Gasteiger partial charge is 0.280 e. The first-order chi connectivity index (χ1) is 7.61. The number of anilines is 1. The van der Waals surface area contributed by atoms with Gasteiger partial charge in [0.1, 0.15) is 0 Å². The van der Waals surface area contributed by atoms with E-state index in [1.54, 1.807) is 11.1 Å². The van der Waals surface area contributed by atoms with E-state index in [4.69, 9.17) is 0 Å². The Labute approximate surface area is 111 Å². The van der Waals surface area contributed by atoms with Crippen molar-refractivity contribution in [3.8, 4) is 0 Å². The van der Waals surface area contributed by atoms with Crippen molar-refractivity contribution >= 4 is 43.7 Å². The zero-order valence-electron chi connectivity index (χ0n) is 8.78. The molecule has 86 valence electrons. The molecule has 0 aromatic carbocycles. The Kier molecular flexibility index (Phi) is 3.59. The van der Waals surface area contributed by atoms with Crippen LogP contribution in [0.5, 0.6) is 0 Å². The first-order valence-corrected chi connectivity index (χ1v) is 6.88. The number of nitrogens with zero attached hydrogens (tertiary/aromatic N) is 3. The van der Waals surface area contributed by atoms with Crippen LogP contribution in [0.25, 0.3) is 0 Å². The van der Waals surface area contributed by atoms with E-state index in [-0.39, 0.29) is 5.91 Å². The van der Waals surface area contributed by atoms with Crippen molar-refractivity contribution in [1.29, 1.82) is 0 Å². The number of hydrogen-bond acceptors (Lipinski definition) is 3. The Bertz CT molecular complexity index is 425. The molecule has 1 aromatic heterocycles. The third-order valence-electron chi connectivity index (χ3n) is 2.57. The molecule has 1 aliphatic rings. The fourth-order valence-electron chi connectivity index (χ4n) is 1.65. The molecule has 2 rings (SSSR count). The van der Waals surface area contributed by atoms with Gasteiger partial charge in [-0.25, -0.2) is 9.97 Å². The lowest BCUT2D eigenvalue weighted by atomic mass is 10.2. The van der Waals surface area contributed by atoms with Crippen LogP contribution >= 0.6 is 31.9 Å². The van der Waals surface area contributed by atoms with E-state index in [1.165, 1.54) is 0 Å². The predicted octanol–water partition coefficient (Wildman–Crippen LogP) is 2.30. The molecule has 16 heavy (non-hydrogen) atoms. The number of halogens is 2. The molecule has 1 aromatic rings. The number of hydrogen-bond donors (Lipinski definition) is 0. The summed E-state index contributed by atoms with van der Waals surface area (Å²) >= 11 is 6.75. The lowest BCUT2D eigenvalue weighted by molar-refractivity contribution is -0.117. The van der Waals surface area contributed by atoms with E-state index >= 15 is 0 Å². The normalized spacial score (nSPS) is 20.6. The van der Waals surface area contributed by atoms with Gasteiger partial charge >= 0.3 is 0 Å². The second-order valence-electron chi connectivity index (χ2n) is 3.83. The highest BCUT2D eigenvalue weighted by Gasteiger charge is 2.31. The van der Waals surface area contributed by atoms with E-state index in [2.05, 4.69) is 41.8 Å². The Morgan fingerprint density at radius 2 is 2.38 bits per heavy atom. The van der Waals surface area contributed by atoms with Crippen molar-refractivity contribution < 1.29 is 4.79 Å². The third kappa shape index (κ3) is 2.27. The van der Waals surface area contributed by atoms with Gasteiger partial charge in [-0.3, -0.25) is 9.69 Å². The average Bonchev–Trinajstić information content (AvgIpc) is 2.64. The average molecular weight is 349 g/mol. The minimum atomic E-state index is 0.103. The van der Waals surface area contributed by atoms with Gasteiger partial charge in [0.15, 0.2) is 0 Å². The summed E-state index contributed by atoms with van der Waals surface area (Å²) in [6, 6.07) is 0. The molecule has 0 saturated carbocycles. The second-order valence-corrected chi connectivity index (χ2v) is 5.33. The van der Waals surface area contributed by atoms with Crippen LogP contribution in [-0.4, -0.2) is 27.7 Å². The predicted molar refractivity (Wildman–Crippen MR) is 68.7 cm³/mol. The molecule has 1 atom stereocenters. The summed E-state index contributed by atoms with van der Waals surface area (Å²) in [5.41, 5.74) is 0.847. The highest BCUT2D eigenvalue weighted by Crippen LogP contribution is 2.24. The minimum absolute atomic E-state index is 0.103. The van der Waals surface area contributed by atoms with E-state index < -0.39 is 0 Å². The van der Waals surface area contributed by atoms with Crippen LogP contribution in [0.1, 0.15) is 12.1 Å². The number of amides is 1. The quantitative estimate of drug-likeness (QED) is 0.770. The molecule has 1 fully saturated rings. The zero-order chi connectivity index (χ0) is 11.7. The zero-order valence-corrected chi connectivity index (χ0v) is 12.0. The maximum absolute atomic E-state index is 11.8. The van der Waals surface area contributed by atoms with Crippen LogP contribution in [0.3, 0.4) is 0 Å². The lowest BCUT2D eigenvalue weighted by Crippen LogP contribution is -2.27. The molecule has 6 heteroatoms. The molecule has 1 aliphatic heterocycles. The maximum Gasteiger partial charge on any atom is 0.232 e. The summed E-state index contributed by atoms with van der Waals surface area (Å²) in [5.74, 6) is 0.973. The molecular formula is C10H11Br2N3O. The summed E-state index contributed by atoms with van der Waals surface area (Å²) < 4.78 is 0.861. The van der Waals surface area contributed by atoms with Crippen LogP contribution in [0.15, 0.2) is 10.7 Å². The van der Waals surface area contributed by atoms with Crippen molar-refractivity contribution in [2.45, 2.75) is 13.3 Å². The molecule has 0 aliphatic carbocycles. The molecule has 2 heterocycles. The first kappa shape index (κ1) is 12.0. The van der Waals surface area contributed by atoms with Gasteiger partial charge in [0, 0.05) is 24.5 Å². The van der Waals surface area contributed by atoms with Gasteiger partial charge in [-0.05, 0) is 28.8 Å². The Hall–Kier alpha value is -0.490. The summed E-state index contributed by atoms with van der Waals surface area (Å²) in [4.78, 5) is 21.9. The van der Waals surface area contributed by atoms with E-state index in [0.29, 0.717) is 24.8 Å². The monoisotopic (exact) mass is 347 g/mol. The SMILES string of the molecule is Cc1nc(N2CC(CBr)CC2=O)ncc1Br. The van der Waals surface area contributed by atoms with Crippen molar-refractivity contribution in [2.24, 2.45) is 5.92 Å². The third-order valence-corrected chi connectivity index (χ3v) is 4.27. The second kappa shape index (κ2) is 4.79. The van der Waals surface area contributed by atoms with Gasteiger partial charge in [0.05, 0.1) is 10.2 Å². The number of carbonyl (C=O) groups is 1. The lowest BCUT2D eigenvalue weighted by Gasteiger charge is -2.14. The van der Waals surface area contributed by atoms with Gasteiger partial charge < -0.3 is 0 Å². The standard InChI is InChI=1S/C10H11Br2N3O/c1-6-8(12)4-13-10(14-6)15-5-7(3-11)2-9(15)16/h4,7H,2-3,5H2,1H3. The maximum atomic E-state index is 11.8. The molecular weight excluding hydrogens is 338 g/mol. The van der Waals surface area contributed by atoms with Gasteiger partial charge in [-0.2, -0.15) is 0 Å². The molecule has 0 N–H and O–H groups in total. The van der Waals surface area contributed by atoms with Gasteiger partial charge in [0.2, 0.25) is 11.9 Å². The van der Waals surface area contributed by atoms with Crippen LogP contribution < -0.4 is 4.90 Å². The van der Waals surface area contributed by atoms with E-state index in [0.717, 1.165) is 15.5 Å².